The summed E-state index contributed by atoms with van der Waals surface area (Å²) in [4.78, 5) is 8.46. The van der Waals surface area contributed by atoms with E-state index in [2.05, 4.69) is 15.3 Å². The fraction of sp³-hybridized carbons (Fsp3) is 0. The number of rotatable bonds is 2. The Balaban J connectivity index is 0.00000133. The van der Waals surface area contributed by atoms with Crippen LogP contribution in [0.25, 0.3) is 10.9 Å². The van der Waals surface area contributed by atoms with Crippen molar-refractivity contribution in [2.45, 2.75) is 0 Å². The number of para-hydroxylation sites is 2. The van der Waals surface area contributed by atoms with Gasteiger partial charge in [-0.15, -0.1) is 12.4 Å². The predicted molar refractivity (Wildman–Crippen MR) is 81.5 cm³/mol. The molecule has 96 valence electrons. The Morgan fingerprint density at radius 3 is 2.47 bits per heavy atom. The van der Waals surface area contributed by atoms with Gasteiger partial charge >= 0.3 is 0 Å². The summed E-state index contributed by atoms with van der Waals surface area (Å²) < 4.78 is 0. The molecule has 0 amide bonds. The lowest BCUT2D eigenvalue weighted by atomic mass is 10.2. The van der Waals surface area contributed by atoms with Crippen LogP contribution in [0.4, 0.5) is 11.5 Å². The van der Waals surface area contributed by atoms with Gasteiger partial charge in [-0.05, 0) is 24.3 Å². The second-order valence-corrected chi connectivity index (χ2v) is 4.26. The largest absolute Gasteiger partial charge is 0.340 e. The van der Waals surface area contributed by atoms with Crippen LogP contribution in [0.2, 0.25) is 5.02 Å². The fourth-order valence-corrected chi connectivity index (χ4v) is 2.03. The minimum Gasteiger partial charge on any atom is -0.340 e. The van der Waals surface area contributed by atoms with Gasteiger partial charge in [-0.1, -0.05) is 35.9 Å². The predicted octanol–water partition coefficient (Wildman–Crippen LogP) is 4.45. The number of aromatic nitrogens is 2. The first kappa shape index (κ1) is 13.6. The third kappa shape index (κ3) is 2.78. The third-order valence-electron chi connectivity index (χ3n) is 2.65. The molecular formula is C14H11Cl2N3. The molecule has 3 nitrogen and oxygen atoms in total. The number of nitrogens with one attached hydrogen (secondary N) is 1. The van der Waals surface area contributed by atoms with E-state index in [0.717, 1.165) is 22.4 Å². The van der Waals surface area contributed by atoms with Crippen LogP contribution in [0.15, 0.2) is 54.9 Å². The highest BCUT2D eigenvalue weighted by Gasteiger charge is 2.06. The van der Waals surface area contributed by atoms with Crippen LogP contribution in [0.5, 0.6) is 0 Å². The quantitative estimate of drug-likeness (QED) is 0.758. The van der Waals surface area contributed by atoms with Gasteiger partial charge in [-0.2, -0.15) is 0 Å². The molecule has 3 rings (SSSR count). The van der Waals surface area contributed by atoms with Crippen molar-refractivity contribution in [1.82, 2.24) is 9.97 Å². The number of hydrogen-bond donors (Lipinski definition) is 1. The van der Waals surface area contributed by atoms with Crippen LogP contribution >= 0.6 is 24.0 Å². The zero-order chi connectivity index (χ0) is 12.4. The lowest BCUT2D eigenvalue weighted by Gasteiger charge is -2.08. The Kier molecular flexibility index (Phi) is 4.20. The standard InChI is InChI=1S/C14H10ClN3.ClH/c15-12-8-4-7-11-13(12)16-9-17-14(11)18-10-5-2-1-3-6-10;/h1-9H,(H,16,17,18);1H. The molecule has 0 fully saturated rings. The van der Waals surface area contributed by atoms with E-state index in [1.807, 2.05) is 48.5 Å². The highest BCUT2D eigenvalue weighted by molar-refractivity contribution is 6.35. The van der Waals surface area contributed by atoms with Crippen molar-refractivity contribution in [3.8, 4) is 0 Å². The normalized spacial score (nSPS) is 9.95. The summed E-state index contributed by atoms with van der Waals surface area (Å²) >= 11 is 6.11. The van der Waals surface area contributed by atoms with Gasteiger partial charge in [-0.25, -0.2) is 9.97 Å². The zero-order valence-electron chi connectivity index (χ0n) is 9.88. The molecule has 1 heterocycles. The van der Waals surface area contributed by atoms with Crippen LogP contribution in [-0.2, 0) is 0 Å². The summed E-state index contributed by atoms with van der Waals surface area (Å²) in [5.74, 6) is 0.758. The topological polar surface area (TPSA) is 37.8 Å². The Morgan fingerprint density at radius 2 is 1.68 bits per heavy atom. The maximum absolute atomic E-state index is 6.11. The molecule has 2 aromatic carbocycles. The summed E-state index contributed by atoms with van der Waals surface area (Å²) in [5.41, 5.74) is 1.74. The second-order valence-electron chi connectivity index (χ2n) is 3.85. The van der Waals surface area contributed by atoms with Crippen molar-refractivity contribution in [2.24, 2.45) is 0 Å². The molecule has 0 saturated heterocycles. The Labute approximate surface area is 122 Å². The van der Waals surface area contributed by atoms with Crippen molar-refractivity contribution in [3.63, 3.8) is 0 Å². The summed E-state index contributed by atoms with van der Waals surface area (Å²) in [5, 5.41) is 4.81. The number of nitrogens with zero attached hydrogens (tertiary/aromatic N) is 2. The lowest BCUT2D eigenvalue weighted by molar-refractivity contribution is 1.22. The molecule has 19 heavy (non-hydrogen) atoms. The van der Waals surface area contributed by atoms with Crippen LogP contribution in [0.3, 0.4) is 0 Å². The van der Waals surface area contributed by atoms with Gasteiger partial charge < -0.3 is 5.32 Å². The fourth-order valence-electron chi connectivity index (χ4n) is 1.81. The first-order valence-corrected chi connectivity index (χ1v) is 5.94. The summed E-state index contributed by atoms with van der Waals surface area (Å²) in [6.07, 6.45) is 1.51. The number of hydrogen-bond acceptors (Lipinski definition) is 3. The molecule has 0 saturated carbocycles. The van der Waals surface area contributed by atoms with Gasteiger partial charge in [0.15, 0.2) is 0 Å². The third-order valence-corrected chi connectivity index (χ3v) is 2.96. The van der Waals surface area contributed by atoms with Crippen LogP contribution in [0, 0.1) is 0 Å². The Hall–Kier alpha value is -1.84. The van der Waals surface area contributed by atoms with E-state index in [-0.39, 0.29) is 12.4 Å². The first-order chi connectivity index (χ1) is 8.84. The van der Waals surface area contributed by atoms with Gasteiger partial charge in [0.1, 0.15) is 12.1 Å². The van der Waals surface area contributed by atoms with Crippen LogP contribution < -0.4 is 5.32 Å². The van der Waals surface area contributed by atoms with Crippen molar-refractivity contribution in [2.75, 3.05) is 5.32 Å². The molecule has 0 aliphatic heterocycles. The van der Waals surface area contributed by atoms with E-state index in [4.69, 9.17) is 11.6 Å². The number of fused-ring (bicyclic) bond motifs is 1. The number of halogens is 2. The zero-order valence-corrected chi connectivity index (χ0v) is 11.4. The summed E-state index contributed by atoms with van der Waals surface area (Å²) in [6, 6.07) is 15.5. The van der Waals surface area contributed by atoms with Gasteiger partial charge in [0.05, 0.1) is 10.5 Å². The molecule has 5 heteroatoms. The van der Waals surface area contributed by atoms with E-state index in [1.54, 1.807) is 0 Å². The van der Waals surface area contributed by atoms with E-state index in [0.29, 0.717) is 5.02 Å². The van der Waals surface area contributed by atoms with Crippen molar-refractivity contribution in [3.05, 3.63) is 59.9 Å². The molecule has 1 N–H and O–H groups in total. The van der Waals surface area contributed by atoms with E-state index < -0.39 is 0 Å². The van der Waals surface area contributed by atoms with Gasteiger partial charge in [0.25, 0.3) is 0 Å². The maximum atomic E-state index is 6.11. The average Bonchev–Trinajstić information content (AvgIpc) is 2.41. The monoisotopic (exact) mass is 291 g/mol. The molecule has 0 bridgehead atoms. The average molecular weight is 292 g/mol. The molecule has 0 atom stereocenters. The highest BCUT2D eigenvalue weighted by atomic mass is 35.5. The first-order valence-electron chi connectivity index (χ1n) is 5.56. The molecule has 0 aliphatic rings. The maximum Gasteiger partial charge on any atom is 0.141 e. The molecular weight excluding hydrogens is 281 g/mol. The smallest absolute Gasteiger partial charge is 0.141 e. The molecule has 0 aliphatic carbocycles. The lowest BCUT2D eigenvalue weighted by Crippen LogP contribution is -1.95. The second kappa shape index (κ2) is 5.87. The minimum absolute atomic E-state index is 0. The number of benzene rings is 2. The van der Waals surface area contributed by atoms with Gasteiger partial charge in [0, 0.05) is 11.1 Å². The molecule has 0 spiro atoms. The van der Waals surface area contributed by atoms with E-state index >= 15 is 0 Å². The van der Waals surface area contributed by atoms with Crippen LogP contribution in [0.1, 0.15) is 0 Å². The van der Waals surface area contributed by atoms with E-state index in [1.165, 1.54) is 6.33 Å². The summed E-state index contributed by atoms with van der Waals surface area (Å²) in [6.45, 7) is 0. The van der Waals surface area contributed by atoms with Crippen molar-refractivity contribution in [1.29, 1.82) is 0 Å². The molecule has 0 unspecified atom stereocenters. The Bertz CT molecular complexity index is 687. The van der Waals surface area contributed by atoms with Crippen LogP contribution in [-0.4, -0.2) is 9.97 Å². The minimum atomic E-state index is 0. The Morgan fingerprint density at radius 1 is 0.895 bits per heavy atom. The van der Waals surface area contributed by atoms with Gasteiger partial charge in [-0.3, -0.25) is 0 Å². The molecule has 0 radical (unpaired) electrons. The molecule has 3 aromatic rings. The van der Waals surface area contributed by atoms with Crippen molar-refractivity contribution < 1.29 is 0 Å². The molecule has 1 aromatic heterocycles. The SMILES string of the molecule is Cl.Clc1cccc2c(Nc3ccccc3)ncnc12. The van der Waals surface area contributed by atoms with Gasteiger partial charge in [0.2, 0.25) is 0 Å². The van der Waals surface area contributed by atoms with Crippen molar-refractivity contribution >= 4 is 46.4 Å². The van der Waals surface area contributed by atoms with E-state index in [9.17, 15) is 0 Å². The summed E-state index contributed by atoms with van der Waals surface area (Å²) in [7, 11) is 0. The highest BCUT2D eigenvalue weighted by Crippen LogP contribution is 2.27. The number of anilines is 2.